The van der Waals surface area contributed by atoms with Crippen molar-refractivity contribution >= 4 is 11.9 Å². The molecular weight excluding hydrogens is 230 g/mol. The zero-order valence-corrected chi connectivity index (χ0v) is 11.3. The standard InChI is InChI=1S/C14H23NO3/c1-14(2,13(17)18)10-12(16)15-9-8-11-6-4-3-5-7-11/h6H,3-5,7-10H2,1-2H3,(H,15,16)(H,17,18). The Morgan fingerprint density at radius 2 is 2.11 bits per heavy atom. The SMILES string of the molecule is CC(C)(CC(=O)NCCC1=CCCCC1)C(=O)O. The van der Waals surface area contributed by atoms with Gasteiger partial charge in [-0.15, -0.1) is 0 Å². The third-order valence-corrected chi connectivity index (χ3v) is 3.33. The van der Waals surface area contributed by atoms with Crippen LogP contribution in [0.25, 0.3) is 0 Å². The van der Waals surface area contributed by atoms with Crippen molar-refractivity contribution in [2.45, 2.75) is 52.4 Å². The molecule has 1 rings (SSSR count). The van der Waals surface area contributed by atoms with Crippen LogP contribution >= 0.6 is 0 Å². The predicted octanol–water partition coefficient (Wildman–Crippen LogP) is 2.49. The van der Waals surface area contributed by atoms with Crippen LogP contribution in [0, 0.1) is 5.41 Å². The number of carboxylic acid groups (broad SMARTS) is 1. The van der Waals surface area contributed by atoms with Crippen molar-refractivity contribution in [3.05, 3.63) is 11.6 Å². The number of carbonyl (C=O) groups is 2. The van der Waals surface area contributed by atoms with Gasteiger partial charge in [0, 0.05) is 13.0 Å². The third kappa shape index (κ3) is 4.90. The number of amides is 1. The Balaban J connectivity index is 2.25. The summed E-state index contributed by atoms with van der Waals surface area (Å²) in [4.78, 5) is 22.5. The molecular formula is C14H23NO3. The van der Waals surface area contributed by atoms with E-state index < -0.39 is 11.4 Å². The Bertz CT molecular complexity index is 345. The summed E-state index contributed by atoms with van der Waals surface area (Å²) in [5.41, 5.74) is 0.424. The molecule has 18 heavy (non-hydrogen) atoms. The molecule has 0 radical (unpaired) electrons. The van der Waals surface area contributed by atoms with Gasteiger partial charge in [0.15, 0.2) is 0 Å². The lowest BCUT2D eigenvalue weighted by Crippen LogP contribution is -2.33. The zero-order chi connectivity index (χ0) is 13.6. The lowest BCUT2D eigenvalue weighted by atomic mass is 9.89. The smallest absolute Gasteiger partial charge is 0.309 e. The largest absolute Gasteiger partial charge is 0.481 e. The first-order valence-corrected chi connectivity index (χ1v) is 6.60. The maximum atomic E-state index is 11.6. The van der Waals surface area contributed by atoms with E-state index in [1.807, 2.05) is 0 Å². The van der Waals surface area contributed by atoms with Crippen LogP contribution in [0.5, 0.6) is 0 Å². The first-order chi connectivity index (χ1) is 8.42. The van der Waals surface area contributed by atoms with Gasteiger partial charge in [-0.3, -0.25) is 9.59 Å². The Kier molecular flexibility index (Phi) is 5.38. The van der Waals surface area contributed by atoms with Crippen molar-refractivity contribution in [3.8, 4) is 0 Å². The summed E-state index contributed by atoms with van der Waals surface area (Å²) in [7, 11) is 0. The molecule has 0 aromatic rings. The molecule has 4 heteroatoms. The van der Waals surface area contributed by atoms with Gasteiger partial charge in [0.25, 0.3) is 0 Å². The van der Waals surface area contributed by atoms with Gasteiger partial charge < -0.3 is 10.4 Å². The normalized spacial score (nSPS) is 16.0. The summed E-state index contributed by atoms with van der Waals surface area (Å²) >= 11 is 0. The van der Waals surface area contributed by atoms with Crippen molar-refractivity contribution in [2.75, 3.05) is 6.54 Å². The second kappa shape index (κ2) is 6.57. The Morgan fingerprint density at radius 1 is 1.39 bits per heavy atom. The van der Waals surface area contributed by atoms with Gasteiger partial charge in [0.05, 0.1) is 5.41 Å². The highest BCUT2D eigenvalue weighted by atomic mass is 16.4. The highest BCUT2D eigenvalue weighted by Crippen LogP contribution is 2.21. The topological polar surface area (TPSA) is 66.4 Å². The maximum absolute atomic E-state index is 11.6. The number of allylic oxidation sites excluding steroid dienone is 1. The molecule has 102 valence electrons. The highest BCUT2D eigenvalue weighted by Gasteiger charge is 2.29. The van der Waals surface area contributed by atoms with Gasteiger partial charge in [-0.2, -0.15) is 0 Å². The molecule has 0 saturated heterocycles. The molecule has 0 heterocycles. The number of rotatable bonds is 6. The molecule has 0 aromatic carbocycles. The summed E-state index contributed by atoms with van der Waals surface area (Å²) in [5, 5.41) is 11.7. The first-order valence-electron chi connectivity index (χ1n) is 6.60. The molecule has 0 bridgehead atoms. The van der Waals surface area contributed by atoms with E-state index in [0.717, 1.165) is 19.3 Å². The molecule has 0 unspecified atom stereocenters. The fourth-order valence-electron chi connectivity index (χ4n) is 2.03. The first kappa shape index (κ1) is 14.7. The summed E-state index contributed by atoms with van der Waals surface area (Å²) in [6.45, 7) is 3.75. The molecule has 0 aliphatic heterocycles. The van der Waals surface area contributed by atoms with E-state index in [4.69, 9.17) is 5.11 Å². The van der Waals surface area contributed by atoms with Crippen LogP contribution < -0.4 is 5.32 Å². The van der Waals surface area contributed by atoms with Crippen LogP contribution in [-0.4, -0.2) is 23.5 Å². The van der Waals surface area contributed by atoms with Crippen LogP contribution in [0.2, 0.25) is 0 Å². The van der Waals surface area contributed by atoms with Crippen LogP contribution in [0.4, 0.5) is 0 Å². The van der Waals surface area contributed by atoms with E-state index >= 15 is 0 Å². The highest BCUT2D eigenvalue weighted by molar-refractivity contribution is 5.84. The Hall–Kier alpha value is -1.32. The van der Waals surface area contributed by atoms with Gasteiger partial charge in [-0.05, 0) is 46.0 Å². The van der Waals surface area contributed by atoms with Crippen molar-refractivity contribution in [3.63, 3.8) is 0 Å². The summed E-state index contributed by atoms with van der Waals surface area (Å²) in [5.74, 6) is -1.12. The summed E-state index contributed by atoms with van der Waals surface area (Å²) < 4.78 is 0. The molecule has 1 aliphatic carbocycles. The molecule has 0 fully saturated rings. The average molecular weight is 253 g/mol. The van der Waals surface area contributed by atoms with Crippen LogP contribution in [0.1, 0.15) is 52.4 Å². The predicted molar refractivity (Wildman–Crippen MR) is 70.2 cm³/mol. The maximum Gasteiger partial charge on any atom is 0.309 e. The molecule has 1 amide bonds. The van der Waals surface area contributed by atoms with Crippen LogP contribution in [-0.2, 0) is 9.59 Å². The monoisotopic (exact) mass is 253 g/mol. The minimum atomic E-state index is -0.992. The molecule has 0 saturated carbocycles. The average Bonchev–Trinajstić information content (AvgIpc) is 2.29. The Morgan fingerprint density at radius 3 is 2.67 bits per heavy atom. The number of aliphatic carboxylic acids is 1. The summed E-state index contributed by atoms with van der Waals surface area (Å²) in [6.07, 6.45) is 7.97. The van der Waals surface area contributed by atoms with E-state index in [1.54, 1.807) is 13.8 Å². The van der Waals surface area contributed by atoms with E-state index in [2.05, 4.69) is 11.4 Å². The lowest BCUT2D eigenvalue weighted by molar-refractivity contribution is -0.149. The number of hydrogen-bond donors (Lipinski definition) is 2. The van der Waals surface area contributed by atoms with Crippen molar-refractivity contribution < 1.29 is 14.7 Å². The van der Waals surface area contributed by atoms with Crippen molar-refractivity contribution in [1.29, 1.82) is 0 Å². The fourth-order valence-corrected chi connectivity index (χ4v) is 2.03. The van der Waals surface area contributed by atoms with E-state index in [9.17, 15) is 9.59 Å². The van der Waals surface area contributed by atoms with Crippen LogP contribution in [0.3, 0.4) is 0 Å². The Labute approximate surface area is 108 Å². The minimum absolute atomic E-state index is 0.0291. The molecule has 2 N–H and O–H groups in total. The molecule has 0 spiro atoms. The fraction of sp³-hybridized carbons (Fsp3) is 0.714. The second-order valence-corrected chi connectivity index (χ2v) is 5.57. The number of carbonyl (C=O) groups excluding carboxylic acids is 1. The van der Waals surface area contributed by atoms with Crippen LogP contribution in [0.15, 0.2) is 11.6 Å². The minimum Gasteiger partial charge on any atom is -0.481 e. The molecule has 1 aliphatic rings. The van der Waals surface area contributed by atoms with Crippen molar-refractivity contribution in [2.24, 2.45) is 5.41 Å². The number of hydrogen-bond acceptors (Lipinski definition) is 2. The summed E-state index contributed by atoms with van der Waals surface area (Å²) in [6, 6.07) is 0. The van der Waals surface area contributed by atoms with E-state index in [1.165, 1.54) is 18.4 Å². The molecule has 0 aromatic heterocycles. The van der Waals surface area contributed by atoms with E-state index in [0.29, 0.717) is 6.54 Å². The molecule has 0 atom stereocenters. The number of nitrogens with one attached hydrogen (secondary N) is 1. The number of carboxylic acids is 1. The quantitative estimate of drug-likeness (QED) is 0.715. The second-order valence-electron chi connectivity index (χ2n) is 5.57. The van der Waals surface area contributed by atoms with Gasteiger partial charge in [-0.25, -0.2) is 0 Å². The molecule has 4 nitrogen and oxygen atoms in total. The van der Waals surface area contributed by atoms with Gasteiger partial charge in [0.2, 0.25) is 5.91 Å². The zero-order valence-electron chi connectivity index (χ0n) is 11.3. The van der Waals surface area contributed by atoms with E-state index in [-0.39, 0.29) is 12.3 Å². The van der Waals surface area contributed by atoms with Crippen molar-refractivity contribution in [1.82, 2.24) is 5.32 Å². The lowest BCUT2D eigenvalue weighted by Gasteiger charge is -2.18. The third-order valence-electron chi connectivity index (χ3n) is 3.33. The van der Waals surface area contributed by atoms with Gasteiger partial charge in [0.1, 0.15) is 0 Å². The van der Waals surface area contributed by atoms with Gasteiger partial charge in [-0.1, -0.05) is 11.6 Å². The van der Waals surface area contributed by atoms with Gasteiger partial charge >= 0.3 is 5.97 Å².